The van der Waals surface area contributed by atoms with Gasteiger partial charge in [0.05, 0.1) is 6.10 Å². The van der Waals surface area contributed by atoms with Gasteiger partial charge < -0.3 is 14.6 Å². The first-order valence-electron chi connectivity index (χ1n) is 8.37. The van der Waals surface area contributed by atoms with Gasteiger partial charge in [0.1, 0.15) is 0 Å². The van der Waals surface area contributed by atoms with Crippen LogP contribution < -0.4 is 5.32 Å². The lowest BCUT2D eigenvalue weighted by Crippen LogP contribution is -2.23. The molecule has 0 spiro atoms. The average Bonchev–Trinajstić information content (AvgIpc) is 2.98. The molecule has 1 saturated heterocycles. The van der Waals surface area contributed by atoms with Crippen molar-refractivity contribution in [1.82, 2.24) is 9.88 Å². The van der Waals surface area contributed by atoms with Crippen LogP contribution >= 0.6 is 0 Å². The molecule has 2 fully saturated rings. The zero-order valence-corrected chi connectivity index (χ0v) is 12.7. The van der Waals surface area contributed by atoms with Crippen molar-refractivity contribution in [3.8, 4) is 0 Å². The van der Waals surface area contributed by atoms with Crippen LogP contribution in [-0.4, -0.2) is 23.8 Å². The van der Waals surface area contributed by atoms with Crippen LogP contribution in [0.15, 0.2) is 18.5 Å². The molecule has 2 atom stereocenters. The van der Waals surface area contributed by atoms with Crippen molar-refractivity contribution in [3.63, 3.8) is 0 Å². The van der Waals surface area contributed by atoms with Crippen LogP contribution in [0.4, 0.5) is 0 Å². The Labute approximate surface area is 122 Å². The number of nitrogens with zero attached hydrogens (tertiary/aromatic N) is 1. The van der Waals surface area contributed by atoms with Crippen LogP contribution in [0, 0.1) is 5.92 Å². The summed E-state index contributed by atoms with van der Waals surface area (Å²) >= 11 is 0. The van der Waals surface area contributed by atoms with Gasteiger partial charge in [-0.05, 0) is 62.6 Å². The summed E-state index contributed by atoms with van der Waals surface area (Å²) in [6.45, 7) is 5.42. The highest BCUT2D eigenvalue weighted by Gasteiger charge is 2.32. The molecule has 1 aromatic heterocycles. The van der Waals surface area contributed by atoms with E-state index in [1.54, 1.807) is 0 Å². The summed E-state index contributed by atoms with van der Waals surface area (Å²) in [4.78, 5) is 0. The van der Waals surface area contributed by atoms with E-state index in [4.69, 9.17) is 4.74 Å². The van der Waals surface area contributed by atoms with Crippen LogP contribution in [0.5, 0.6) is 0 Å². The number of ether oxygens (including phenoxy) is 1. The fraction of sp³-hybridized carbons (Fsp3) is 0.765. The number of hydrogen-bond acceptors (Lipinski definition) is 2. The lowest BCUT2D eigenvalue weighted by atomic mass is 10.1. The third kappa shape index (κ3) is 3.64. The maximum Gasteiger partial charge on any atom is 0.0593 e. The second-order valence-electron chi connectivity index (χ2n) is 6.38. The molecule has 1 aromatic rings. The van der Waals surface area contributed by atoms with Gasteiger partial charge >= 0.3 is 0 Å². The number of rotatable bonds is 8. The van der Waals surface area contributed by atoms with Crippen LogP contribution in [0.1, 0.15) is 57.1 Å². The molecule has 1 aliphatic carbocycles. The van der Waals surface area contributed by atoms with Crippen molar-refractivity contribution in [2.45, 2.75) is 64.1 Å². The maximum absolute atomic E-state index is 5.70. The van der Waals surface area contributed by atoms with Crippen molar-refractivity contribution in [1.29, 1.82) is 0 Å². The van der Waals surface area contributed by atoms with Gasteiger partial charge in [-0.2, -0.15) is 0 Å². The Bertz CT molecular complexity index is 405. The topological polar surface area (TPSA) is 26.2 Å². The van der Waals surface area contributed by atoms with Gasteiger partial charge in [-0.15, -0.1) is 0 Å². The number of aryl methyl sites for hydroxylation is 1. The SMILES string of the molecule is CCCNC(c1ccn(CCC2CCCO2)c1)C1CC1. The standard InChI is InChI=1S/C17H28N2O/c1-2-9-18-17(14-5-6-14)15-7-10-19(13-15)11-8-16-4-3-12-20-16/h7,10,13-14,16-18H,2-6,8-9,11-12H2,1H3. The monoisotopic (exact) mass is 276 g/mol. The lowest BCUT2D eigenvalue weighted by Gasteiger charge is -2.16. The summed E-state index contributed by atoms with van der Waals surface area (Å²) in [6, 6.07) is 2.89. The number of aromatic nitrogens is 1. The summed E-state index contributed by atoms with van der Waals surface area (Å²) in [7, 11) is 0. The summed E-state index contributed by atoms with van der Waals surface area (Å²) in [5.74, 6) is 0.871. The Morgan fingerprint density at radius 3 is 3.00 bits per heavy atom. The first-order chi connectivity index (χ1) is 9.86. The van der Waals surface area contributed by atoms with Crippen molar-refractivity contribution >= 4 is 0 Å². The molecule has 1 N–H and O–H groups in total. The molecule has 1 aliphatic heterocycles. The summed E-state index contributed by atoms with van der Waals surface area (Å²) in [6.07, 6.45) is 12.7. The first-order valence-corrected chi connectivity index (χ1v) is 8.37. The molecule has 2 aliphatic rings. The molecule has 0 amide bonds. The Morgan fingerprint density at radius 1 is 1.40 bits per heavy atom. The molecular formula is C17H28N2O. The lowest BCUT2D eigenvalue weighted by molar-refractivity contribution is 0.100. The molecule has 3 heteroatoms. The van der Waals surface area contributed by atoms with Gasteiger partial charge in [0.15, 0.2) is 0 Å². The minimum absolute atomic E-state index is 0.498. The van der Waals surface area contributed by atoms with Gasteiger partial charge in [0.25, 0.3) is 0 Å². The Hall–Kier alpha value is -0.800. The predicted octanol–water partition coefficient (Wildman–Crippen LogP) is 3.51. The van der Waals surface area contributed by atoms with Gasteiger partial charge in [-0.25, -0.2) is 0 Å². The van der Waals surface area contributed by atoms with Crippen LogP contribution in [0.3, 0.4) is 0 Å². The van der Waals surface area contributed by atoms with Crippen LogP contribution in [0.25, 0.3) is 0 Å². The van der Waals surface area contributed by atoms with E-state index in [1.807, 2.05) is 0 Å². The number of hydrogen-bond donors (Lipinski definition) is 1. The Morgan fingerprint density at radius 2 is 2.30 bits per heavy atom. The second kappa shape index (κ2) is 6.77. The number of nitrogens with one attached hydrogen (secondary N) is 1. The molecule has 3 nitrogen and oxygen atoms in total. The average molecular weight is 276 g/mol. The summed E-state index contributed by atoms with van der Waals surface area (Å²) in [5, 5.41) is 3.72. The van der Waals surface area contributed by atoms with E-state index in [-0.39, 0.29) is 0 Å². The fourth-order valence-corrected chi connectivity index (χ4v) is 3.23. The Kier molecular flexibility index (Phi) is 4.79. The quantitative estimate of drug-likeness (QED) is 0.786. The van der Waals surface area contributed by atoms with Crippen molar-refractivity contribution in [2.75, 3.05) is 13.2 Å². The maximum atomic E-state index is 5.70. The third-order valence-corrected chi connectivity index (χ3v) is 4.57. The molecule has 1 saturated carbocycles. The van der Waals surface area contributed by atoms with Gasteiger partial charge in [-0.1, -0.05) is 6.92 Å². The molecule has 3 rings (SSSR count). The van der Waals surface area contributed by atoms with Crippen molar-refractivity contribution < 1.29 is 4.74 Å². The van der Waals surface area contributed by atoms with E-state index in [2.05, 4.69) is 35.3 Å². The molecule has 2 heterocycles. The molecule has 0 aromatic carbocycles. The van der Waals surface area contributed by atoms with Crippen molar-refractivity contribution in [3.05, 3.63) is 24.0 Å². The highest BCUT2D eigenvalue weighted by atomic mass is 16.5. The Balaban J connectivity index is 1.53. The third-order valence-electron chi connectivity index (χ3n) is 4.57. The highest BCUT2D eigenvalue weighted by molar-refractivity contribution is 5.18. The molecule has 0 bridgehead atoms. The predicted molar refractivity (Wildman–Crippen MR) is 81.8 cm³/mol. The van der Waals surface area contributed by atoms with Gasteiger partial charge in [0, 0.05) is 31.6 Å². The van der Waals surface area contributed by atoms with Crippen LogP contribution in [0.2, 0.25) is 0 Å². The highest BCUT2D eigenvalue weighted by Crippen LogP contribution is 2.41. The van der Waals surface area contributed by atoms with E-state index in [0.29, 0.717) is 12.1 Å². The van der Waals surface area contributed by atoms with E-state index >= 15 is 0 Å². The van der Waals surface area contributed by atoms with Crippen molar-refractivity contribution in [2.24, 2.45) is 5.92 Å². The van der Waals surface area contributed by atoms with E-state index in [1.165, 1.54) is 37.7 Å². The van der Waals surface area contributed by atoms with Crippen LogP contribution in [-0.2, 0) is 11.3 Å². The molecule has 20 heavy (non-hydrogen) atoms. The summed E-state index contributed by atoms with van der Waals surface area (Å²) in [5.41, 5.74) is 1.48. The minimum atomic E-state index is 0.498. The molecular weight excluding hydrogens is 248 g/mol. The zero-order chi connectivity index (χ0) is 13.8. The van der Waals surface area contributed by atoms with Gasteiger partial charge in [-0.3, -0.25) is 0 Å². The molecule has 0 radical (unpaired) electrons. The second-order valence-corrected chi connectivity index (χ2v) is 6.38. The fourth-order valence-electron chi connectivity index (χ4n) is 3.23. The largest absolute Gasteiger partial charge is 0.378 e. The molecule has 2 unspecified atom stereocenters. The first kappa shape index (κ1) is 14.2. The smallest absolute Gasteiger partial charge is 0.0593 e. The summed E-state index contributed by atoms with van der Waals surface area (Å²) < 4.78 is 8.05. The van der Waals surface area contributed by atoms with E-state index in [0.717, 1.165) is 32.0 Å². The zero-order valence-electron chi connectivity index (χ0n) is 12.7. The normalized spacial score (nSPS) is 24.1. The van der Waals surface area contributed by atoms with E-state index < -0.39 is 0 Å². The van der Waals surface area contributed by atoms with Gasteiger partial charge in [0.2, 0.25) is 0 Å². The molecule has 112 valence electrons. The minimum Gasteiger partial charge on any atom is -0.378 e. The van der Waals surface area contributed by atoms with E-state index in [9.17, 15) is 0 Å².